The first-order chi connectivity index (χ1) is 18.4. The number of rotatable bonds is 8. The molecule has 2 atom stereocenters. The predicted molar refractivity (Wildman–Crippen MR) is 149 cm³/mol. The van der Waals surface area contributed by atoms with E-state index in [-0.39, 0.29) is 28.6 Å². The van der Waals surface area contributed by atoms with Crippen molar-refractivity contribution in [2.45, 2.75) is 58.0 Å². The first-order valence-electron chi connectivity index (χ1n) is 13.1. The number of benzene rings is 3. The number of hydrogen-bond acceptors (Lipinski definition) is 4. The summed E-state index contributed by atoms with van der Waals surface area (Å²) in [6.45, 7) is 1.98. The lowest BCUT2D eigenvalue weighted by Gasteiger charge is -2.31. The summed E-state index contributed by atoms with van der Waals surface area (Å²) in [7, 11) is 0. The van der Waals surface area contributed by atoms with E-state index in [2.05, 4.69) is 10.6 Å². The smallest absolute Gasteiger partial charge is 0.322 e. The van der Waals surface area contributed by atoms with E-state index in [9.17, 15) is 19.7 Å². The second kappa shape index (κ2) is 12.9. The summed E-state index contributed by atoms with van der Waals surface area (Å²) in [4.78, 5) is 37.4. The van der Waals surface area contributed by atoms with Crippen LogP contribution in [-0.4, -0.2) is 27.8 Å². The summed E-state index contributed by atoms with van der Waals surface area (Å²) >= 11 is 0. The molecule has 0 heterocycles. The van der Waals surface area contributed by atoms with E-state index in [1.807, 2.05) is 47.4 Å². The van der Waals surface area contributed by atoms with Crippen molar-refractivity contribution in [1.82, 2.24) is 4.90 Å². The number of carbonyl (C=O) groups excluding carboxylic acids is 2. The van der Waals surface area contributed by atoms with E-state index < -0.39 is 0 Å². The van der Waals surface area contributed by atoms with Crippen LogP contribution in [0.25, 0.3) is 0 Å². The van der Waals surface area contributed by atoms with Crippen LogP contribution in [0.3, 0.4) is 0 Å². The number of carbonyl (C=O) groups is 2. The molecular formula is C30H34N4O4. The molecule has 0 aliphatic heterocycles. The van der Waals surface area contributed by atoms with Crippen LogP contribution in [-0.2, 0) is 17.8 Å². The normalized spacial score (nSPS) is 17.2. The van der Waals surface area contributed by atoms with Crippen molar-refractivity contribution in [3.8, 4) is 0 Å². The van der Waals surface area contributed by atoms with Gasteiger partial charge in [0.05, 0.1) is 4.92 Å². The van der Waals surface area contributed by atoms with E-state index in [4.69, 9.17) is 0 Å². The van der Waals surface area contributed by atoms with Crippen LogP contribution in [0.5, 0.6) is 0 Å². The molecule has 8 nitrogen and oxygen atoms in total. The molecule has 2 N–H and O–H groups in total. The fourth-order valence-corrected chi connectivity index (χ4v) is 5.14. The summed E-state index contributed by atoms with van der Waals surface area (Å²) in [5.41, 5.74) is 3.66. The number of non-ortho nitro benzene ring substituents is 1. The molecule has 1 fully saturated rings. The van der Waals surface area contributed by atoms with E-state index in [0.717, 1.165) is 49.7 Å². The maximum atomic E-state index is 13.5. The Morgan fingerprint density at radius 1 is 0.842 bits per heavy atom. The van der Waals surface area contributed by atoms with E-state index in [0.29, 0.717) is 23.8 Å². The Kier molecular flexibility index (Phi) is 9.08. The number of urea groups is 1. The number of hydrogen-bond donors (Lipinski definition) is 2. The largest absolute Gasteiger partial charge is 0.326 e. The van der Waals surface area contributed by atoms with Gasteiger partial charge in [0, 0.05) is 43.0 Å². The number of nitro groups is 1. The van der Waals surface area contributed by atoms with Crippen LogP contribution < -0.4 is 10.6 Å². The van der Waals surface area contributed by atoms with Crippen molar-refractivity contribution >= 4 is 29.0 Å². The van der Waals surface area contributed by atoms with Gasteiger partial charge in [-0.2, -0.15) is 0 Å². The molecule has 1 aliphatic rings. The van der Waals surface area contributed by atoms with Gasteiger partial charge in [0.1, 0.15) is 0 Å². The maximum absolute atomic E-state index is 13.5. The van der Waals surface area contributed by atoms with E-state index in [1.165, 1.54) is 6.92 Å². The van der Waals surface area contributed by atoms with Crippen LogP contribution >= 0.6 is 0 Å². The summed E-state index contributed by atoms with van der Waals surface area (Å²) in [6.07, 6.45) is 5.80. The second-order valence-corrected chi connectivity index (χ2v) is 9.96. The maximum Gasteiger partial charge on any atom is 0.322 e. The Morgan fingerprint density at radius 2 is 1.50 bits per heavy atom. The van der Waals surface area contributed by atoms with Gasteiger partial charge in [-0.1, -0.05) is 55.3 Å². The van der Waals surface area contributed by atoms with Crippen molar-refractivity contribution in [2.24, 2.45) is 5.92 Å². The minimum absolute atomic E-state index is 0.107. The van der Waals surface area contributed by atoms with Crippen molar-refractivity contribution < 1.29 is 14.5 Å². The molecule has 3 aromatic rings. The lowest BCUT2D eigenvalue weighted by molar-refractivity contribution is -0.384. The highest BCUT2D eigenvalue weighted by molar-refractivity contribution is 5.91. The molecule has 0 spiro atoms. The number of amides is 3. The first kappa shape index (κ1) is 26.9. The number of nitrogens with zero attached hydrogens (tertiary/aromatic N) is 2. The molecule has 4 rings (SSSR count). The van der Waals surface area contributed by atoms with Gasteiger partial charge < -0.3 is 15.5 Å². The van der Waals surface area contributed by atoms with Crippen molar-refractivity contribution in [2.75, 3.05) is 10.6 Å². The third-order valence-electron chi connectivity index (χ3n) is 7.08. The molecule has 3 aromatic carbocycles. The van der Waals surface area contributed by atoms with Crippen molar-refractivity contribution in [3.63, 3.8) is 0 Å². The van der Waals surface area contributed by atoms with Gasteiger partial charge in [-0.05, 0) is 67.0 Å². The molecule has 0 aromatic heterocycles. The van der Waals surface area contributed by atoms with E-state index in [1.54, 1.807) is 36.4 Å². The highest BCUT2D eigenvalue weighted by Gasteiger charge is 2.27. The Morgan fingerprint density at radius 3 is 2.13 bits per heavy atom. The predicted octanol–water partition coefficient (Wildman–Crippen LogP) is 6.78. The van der Waals surface area contributed by atoms with E-state index >= 15 is 0 Å². The van der Waals surface area contributed by atoms with Crippen LogP contribution in [0.4, 0.5) is 21.9 Å². The third-order valence-corrected chi connectivity index (χ3v) is 7.08. The SMILES string of the molecule is CC(=O)Nc1ccc(NC(=O)N(Cc2ccccc2)C2CCCC(Cc3ccc([N+](=O)[O-])cc3)CC2)cc1. The molecule has 0 saturated heterocycles. The summed E-state index contributed by atoms with van der Waals surface area (Å²) < 4.78 is 0. The van der Waals surface area contributed by atoms with Crippen LogP contribution in [0.2, 0.25) is 0 Å². The third kappa shape index (κ3) is 7.65. The van der Waals surface area contributed by atoms with Crippen LogP contribution in [0.1, 0.15) is 50.2 Å². The zero-order valence-electron chi connectivity index (χ0n) is 21.6. The second-order valence-electron chi connectivity index (χ2n) is 9.96. The molecule has 198 valence electrons. The van der Waals surface area contributed by atoms with Gasteiger partial charge in [-0.3, -0.25) is 14.9 Å². The van der Waals surface area contributed by atoms with Crippen LogP contribution in [0.15, 0.2) is 78.9 Å². The summed E-state index contributed by atoms with van der Waals surface area (Å²) in [5.74, 6) is 0.334. The number of nitrogens with one attached hydrogen (secondary N) is 2. The molecule has 38 heavy (non-hydrogen) atoms. The molecule has 8 heteroatoms. The van der Waals surface area contributed by atoms with Gasteiger partial charge in [0.15, 0.2) is 0 Å². The molecule has 2 unspecified atom stereocenters. The van der Waals surface area contributed by atoms with Gasteiger partial charge in [-0.15, -0.1) is 0 Å². The molecule has 0 bridgehead atoms. The zero-order chi connectivity index (χ0) is 26.9. The van der Waals surface area contributed by atoms with Crippen LogP contribution in [0, 0.1) is 16.0 Å². The van der Waals surface area contributed by atoms with Crippen molar-refractivity contribution in [1.29, 1.82) is 0 Å². The molecular weight excluding hydrogens is 480 g/mol. The molecule has 1 saturated carbocycles. The summed E-state index contributed by atoms with van der Waals surface area (Å²) in [6, 6.07) is 24.0. The van der Waals surface area contributed by atoms with Gasteiger partial charge in [0.2, 0.25) is 5.91 Å². The average molecular weight is 515 g/mol. The average Bonchev–Trinajstić information content (AvgIpc) is 3.14. The Hall–Kier alpha value is -4.20. The number of nitro benzene ring substituents is 1. The van der Waals surface area contributed by atoms with Crippen molar-refractivity contribution in [3.05, 3.63) is 100 Å². The molecule has 3 amide bonds. The monoisotopic (exact) mass is 514 g/mol. The molecule has 1 aliphatic carbocycles. The minimum atomic E-state index is -0.371. The highest BCUT2D eigenvalue weighted by Crippen LogP contribution is 2.30. The number of anilines is 2. The fourth-order valence-electron chi connectivity index (χ4n) is 5.14. The Balaban J connectivity index is 1.43. The topological polar surface area (TPSA) is 105 Å². The van der Waals surface area contributed by atoms with Gasteiger partial charge >= 0.3 is 6.03 Å². The molecule has 0 radical (unpaired) electrons. The lowest BCUT2D eigenvalue weighted by atomic mass is 9.92. The quantitative estimate of drug-likeness (QED) is 0.196. The standard InChI is InChI=1S/C30H34N4O4/c1-22(35)31-26-13-15-27(16-14-26)32-30(36)33(21-25-6-3-2-4-7-25)28-9-5-8-23(10-17-28)20-24-11-18-29(19-12-24)34(37)38/h2-4,6-7,11-16,18-19,23,28H,5,8-10,17,20-21H2,1H3,(H,31,35)(H,32,36). The Bertz CT molecular complexity index is 1230. The van der Waals surface area contributed by atoms with Gasteiger partial charge in [0.25, 0.3) is 5.69 Å². The first-order valence-corrected chi connectivity index (χ1v) is 13.1. The fraction of sp³-hybridized carbons (Fsp3) is 0.333. The Labute approximate surface area is 223 Å². The minimum Gasteiger partial charge on any atom is -0.326 e. The lowest BCUT2D eigenvalue weighted by Crippen LogP contribution is -2.42. The van der Waals surface area contributed by atoms with Gasteiger partial charge in [-0.25, -0.2) is 4.79 Å². The highest BCUT2D eigenvalue weighted by atomic mass is 16.6. The summed E-state index contributed by atoms with van der Waals surface area (Å²) in [5, 5.41) is 16.7. The zero-order valence-corrected chi connectivity index (χ0v) is 21.6.